The summed E-state index contributed by atoms with van der Waals surface area (Å²) in [5, 5.41) is 9.39. The monoisotopic (exact) mass is 191 g/mol. The van der Waals surface area contributed by atoms with Crippen LogP contribution in [-0.2, 0) is 0 Å². The van der Waals surface area contributed by atoms with E-state index < -0.39 is 0 Å². The van der Waals surface area contributed by atoms with Gasteiger partial charge in [0.2, 0.25) is 0 Å². The van der Waals surface area contributed by atoms with Gasteiger partial charge in [-0.3, -0.25) is 0 Å². The van der Waals surface area contributed by atoms with E-state index in [0.29, 0.717) is 12.5 Å². The fraction of sp³-hybridized carbons (Fsp3) is 0.500. The van der Waals surface area contributed by atoms with Gasteiger partial charge in [0.05, 0.1) is 6.61 Å². The van der Waals surface area contributed by atoms with E-state index in [1.54, 1.807) is 0 Å². The largest absolute Gasteiger partial charge is 0.396 e. The number of benzene rings is 1. The van der Waals surface area contributed by atoms with Gasteiger partial charge in [-0.15, -0.1) is 0 Å². The van der Waals surface area contributed by atoms with Crippen molar-refractivity contribution in [3.8, 4) is 0 Å². The standard InChI is InChI=1S/C12H17NO/c13-8-12(9-14)7-6-11(12)10-4-2-1-3-5-10/h1-5,11,14H,6-9,13H2/t11-,12-/m1/s1. The SMILES string of the molecule is NC[C@@]1(CO)CC[C@@H]1c1ccccc1. The molecule has 0 spiro atoms. The first kappa shape index (κ1) is 9.69. The summed E-state index contributed by atoms with van der Waals surface area (Å²) in [7, 11) is 0. The molecule has 14 heavy (non-hydrogen) atoms. The quantitative estimate of drug-likeness (QED) is 0.760. The molecular formula is C12H17NO. The van der Waals surface area contributed by atoms with Gasteiger partial charge in [-0.1, -0.05) is 30.3 Å². The maximum atomic E-state index is 9.39. The Balaban J connectivity index is 2.21. The van der Waals surface area contributed by atoms with Crippen molar-refractivity contribution in [2.24, 2.45) is 11.1 Å². The van der Waals surface area contributed by atoms with Crippen LogP contribution in [0.2, 0.25) is 0 Å². The first-order chi connectivity index (χ1) is 6.82. The lowest BCUT2D eigenvalue weighted by Crippen LogP contribution is -2.47. The predicted octanol–water partition coefficient (Wildman–Crippen LogP) is 1.50. The van der Waals surface area contributed by atoms with Crippen LogP contribution in [0.1, 0.15) is 24.3 Å². The molecule has 0 radical (unpaired) electrons. The summed E-state index contributed by atoms with van der Waals surface area (Å²) in [6.45, 7) is 0.798. The lowest BCUT2D eigenvalue weighted by Gasteiger charge is -2.48. The maximum Gasteiger partial charge on any atom is 0.0505 e. The Bertz CT molecular complexity index is 287. The molecule has 1 aliphatic rings. The lowest BCUT2D eigenvalue weighted by atomic mass is 9.58. The minimum atomic E-state index is -0.0403. The summed E-state index contributed by atoms with van der Waals surface area (Å²) in [4.78, 5) is 0. The van der Waals surface area contributed by atoms with E-state index >= 15 is 0 Å². The van der Waals surface area contributed by atoms with Crippen molar-refractivity contribution < 1.29 is 5.11 Å². The van der Waals surface area contributed by atoms with Crippen molar-refractivity contribution in [3.05, 3.63) is 35.9 Å². The first-order valence-electron chi connectivity index (χ1n) is 5.18. The van der Waals surface area contributed by atoms with Gasteiger partial charge in [-0.05, 0) is 24.3 Å². The minimum Gasteiger partial charge on any atom is -0.396 e. The van der Waals surface area contributed by atoms with Crippen LogP contribution in [0.25, 0.3) is 0 Å². The van der Waals surface area contributed by atoms with Crippen LogP contribution in [0.15, 0.2) is 30.3 Å². The highest BCUT2D eigenvalue weighted by Gasteiger charge is 2.45. The van der Waals surface area contributed by atoms with E-state index in [1.165, 1.54) is 5.56 Å². The number of nitrogens with two attached hydrogens (primary N) is 1. The zero-order valence-corrected chi connectivity index (χ0v) is 8.32. The summed E-state index contributed by atoms with van der Waals surface area (Å²) in [5.74, 6) is 0.457. The molecule has 2 heteroatoms. The van der Waals surface area contributed by atoms with Crippen molar-refractivity contribution in [1.29, 1.82) is 0 Å². The number of aliphatic hydroxyl groups excluding tert-OH is 1. The number of aliphatic hydroxyl groups is 1. The van der Waals surface area contributed by atoms with Crippen LogP contribution >= 0.6 is 0 Å². The summed E-state index contributed by atoms with van der Waals surface area (Å²) in [6.07, 6.45) is 2.21. The van der Waals surface area contributed by atoms with Gasteiger partial charge in [0.15, 0.2) is 0 Å². The Morgan fingerprint density at radius 3 is 2.50 bits per heavy atom. The molecule has 2 atom stereocenters. The summed E-state index contributed by atoms with van der Waals surface area (Å²) in [5.41, 5.74) is 7.02. The van der Waals surface area contributed by atoms with Gasteiger partial charge in [0.25, 0.3) is 0 Å². The molecule has 0 amide bonds. The Hall–Kier alpha value is -0.860. The van der Waals surface area contributed by atoms with Crippen LogP contribution in [0.3, 0.4) is 0 Å². The summed E-state index contributed by atoms with van der Waals surface area (Å²) < 4.78 is 0. The Morgan fingerprint density at radius 1 is 1.36 bits per heavy atom. The van der Waals surface area contributed by atoms with Gasteiger partial charge in [-0.2, -0.15) is 0 Å². The van der Waals surface area contributed by atoms with E-state index in [0.717, 1.165) is 12.8 Å². The maximum absolute atomic E-state index is 9.39. The first-order valence-corrected chi connectivity index (χ1v) is 5.18. The molecule has 2 nitrogen and oxygen atoms in total. The molecule has 0 saturated heterocycles. The summed E-state index contributed by atoms with van der Waals surface area (Å²) in [6, 6.07) is 10.4. The topological polar surface area (TPSA) is 46.2 Å². The third-order valence-electron chi connectivity index (χ3n) is 3.59. The fourth-order valence-corrected chi connectivity index (χ4v) is 2.40. The van der Waals surface area contributed by atoms with Crippen molar-refractivity contribution in [3.63, 3.8) is 0 Å². The second-order valence-corrected chi connectivity index (χ2v) is 4.23. The molecule has 0 unspecified atom stereocenters. The number of hydrogen-bond acceptors (Lipinski definition) is 2. The van der Waals surface area contributed by atoms with Crippen molar-refractivity contribution in [2.45, 2.75) is 18.8 Å². The molecule has 0 aliphatic heterocycles. The molecule has 76 valence electrons. The highest BCUT2D eigenvalue weighted by atomic mass is 16.3. The zero-order chi connectivity index (χ0) is 10.0. The lowest BCUT2D eigenvalue weighted by molar-refractivity contribution is 0.0244. The van der Waals surface area contributed by atoms with Crippen LogP contribution in [0.4, 0.5) is 0 Å². The van der Waals surface area contributed by atoms with Gasteiger partial charge in [0.1, 0.15) is 0 Å². The molecule has 3 N–H and O–H groups in total. The second-order valence-electron chi connectivity index (χ2n) is 4.23. The van der Waals surface area contributed by atoms with Crippen LogP contribution in [-0.4, -0.2) is 18.3 Å². The predicted molar refractivity (Wildman–Crippen MR) is 57.0 cm³/mol. The van der Waals surface area contributed by atoms with Crippen molar-refractivity contribution >= 4 is 0 Å². The molecule has 0 bridgehead atoms. The third kappa shape index (κ3) is 1.35. The average Bonchev–Trinajstić information content (AvgIpc) is 2.20. The van der Waals surface area contributed by atoms with Crippen LogP contribution in [0, 0.1) is 5.41 Å². The number of hydrogen-bond donors (Lipinski definition) is 2. The highest BCUT2D eigenvalue weighted by Crippen LogP contribution is 2.51. The summed E-state index contributed by atoms with van der Waals surface area (Å²) >= 11 is 0. The molecule has 2 rings (SSSR count). The van der Waals surface area contributed by atoms with E-state index in [1.807, 2.05) is 18.2 Å². The molecule has 1 aromatic carbocycles. The normalized spacial score (nSPS) is 31.1. The van der Waals surface area contributed by atoms with Gasteiger partial charge < -0.3 is 10.8 Å². The number of rotatable bonds is 3. The molecule has 1 aromatic rings. The molecule has 0 heterocycles. The molecule has 1 saturated carbocycles. The molecule has 0 aromatic heterocycles. The van der Waals surface area contributed by atoms with Gasteiger partial charge >= 0.3 is 0 Å². The van der Waals surface area contributed by atoms with Gasteiger partial charge in [0, 0.05) is 12.0 Å². The van der Waals surface area contributed by atoms with Crippen LogP contribution < -0.4 is 5.73 Å². The zero-order valence-electron chi connectivity index (χ0n) is 8.32. The Kier molecular flexibility index (Phi) is 2.57. The fourth-order valence-electron chi connectivity index (χ4n) is 2.40. The highest BCUT2D eigenvalue weighted by molar-refractivity contribution is 5.25. The van der Waals surface area contributed by atoms with Gasteiger partial charge in [-0.25, -0.2) is 0 Å². The second kappa shape index (κ2) is 3.71. The minimum absolute atomic E-state index is 0.0403. The third-order valence-corrected chi connectivity index (χ3v) is 3.59. The smallest absolute Gasteiger partial charge is 0.0505 e. The molecule has 1 aliphatic carbocycles. The molecule has 1 fully saturated rings. The average molecular weight is 191 g/mol. The van der Waals surface area contributed by atoms with Crippen molar-refractivity contribution in [1.82, 2.24) is 0 Å². The van der Waals surface area contributed by atoms with Crippen molar-refractivity contribution in [2.75, 3.05) is 13.2 Å². The van der Waals surface area contributed by atoms with E-state index in [9.17, 15) is 5.11 Å². The van der Waals surface area contributed by atoms with E-state index in [2.05, 4.69) is 12.1 Å². The van der Waals surface area contributed by atoms with Crippen LogP contribution in [0.5, 0.6) is 0 Å². The Morgan fingerprint density at radius 2 is 2.07 bits per heavy atom. The Labute approximate surface area is 84.7 Å². The van der Waals surface area contributed by atoms with E-state index in [4.69, 9.17) is 5.73 Å². The van der Waals surface area contributed by atoms with E-state index in [-0.39, 0.29) is 12.0 Å². The molecular weight excluding hydrogens is 174 g/mol.